The van der Waals surface area contributed by atoms with Crippen LogP contribution in [0.3, 0.4) is 0 Å². The number of methoxy groups -OCH3 is 1. The highest BCUT2D eigenvalue weighted by Gasteiger charge is 2.25. The van der Waals surface area contributed by atoms with Crippen molar-refractivity contribution in [3.63, 3.8) is 0 Å². The number of nitrogens with one attached hydrogen (secondary N) is 2. The summed E-state index contributed by atoms with van der Waals surface area (Å²) < 4.78 is 41.3. The van der Waals surface area contributed by atoms with Crippen LogP contribution in [0.2, 0.25) is 0 Å². The first-order chi connectivity index (χ1) is 11.6. The number of carbonyl (C=O) groups is 1. The fourth-order valence-corrected chi connectivity index (χ4v) is 3.41. The molecule has 0 heterocycles. The Kier molecular flexibility index (Phi) is 5.66. The molecular formula is C15H11Cl2FN2O4S. The van der Waals surface area contributed by atoms with E-state index in [2.05, 4.69) is 10.1 Å². The standard InChI is InChI=1S/C15H11Cl2FN2O4S/c1-24-15(21)8-6-11(20-10-4-2-9(18)3-5-10)13(14(16)19)12(7-8)25(17,22)23/h2-7,19-20H,1H3. The summed E-state index contributed by atoms with van der Waals surface area (Å²) in [5.41, 5.74) is 0.0517. The Morgan fingerprint density at radius 3 is 2.32 bits per heavy atom. The molecule has 0 spiro atoms. The van der Waals surface area contributed by atoms with E-state index in [0.717, 1.165) is 13.2 Å². The number of benzene rings is 2. The highest BCUT2D eigenvalue weighted by atomic mass is 35.7. The van der Waals surface area contributed by atoms with Gasteiger partial charge in [-0.15, -0.1) is 0 Å². The van der Waals surface area contributed by atoms with E-state index >= 15 is 0 Å². The van der Waals surface area contributed by atoms with E-state index in [1.165, 1.54) is 30.3 Å². The quantitative estimate of drug-likeness (QED) is 0.448. The van der Waals surface area contributed by atoms with Crippen molar-refractivity contribution in [2.24, 2.45) is 0 Å². The molecule has 2 aromatic rings. The summed E-state index contributed by atoms with van der Waals surface area (Å²) in [6.07, 6.45) is 0. The minimum Gasteiger partial charge on any atom is -0.465 e. The van der Waals surface area contributed by atoms with E-state index in [9.17, 15) is 17.6 Å². The van der Waals surface area contributed by atoms with E-state index in [1.54, 1.807) is 0 Å². The van der Waals surface area contributed by atoms with Crippen LogP contribution >= 0.6 is 22.3 Å². The van der Waals surface area contributed by atoms with Gasteiger partial charge in [0, 0.05) is 16.4 Å². The first-order valence-corrected chi connectivity index (χ1v) is 9.30. The van der Waals surface area contributed by atoms with Gasteiger partial charge < -0.3 is 10.1 Å². The van der Waals surface area contributed by atoms with Crippen LogP contribution in [0.25, 0.3) is 0 Å². The topological polar surface area (TPSA) is 96.3 Å². The molecule has 0 aliphatic heterocycles. The van der Waals surface area contributed by atoms with Crippen LogP contribution in [0.4, 0.5) is 15.8 Å². The summed E-state index contributed by atoms with van der Waals surface area (Å²) in [6, 6.07) is 7.35. The Morgan fingerprint density at radius 1 is 1.24 bits per heavy atom. The van der Waals surface area contributed by atoms with Gasteiger partial charge in [-0.1, -0.05) is 11.6 Å². The van der Waals surface area contributed by atoms with Crippen molar-refractivity contribution in [2.75, 3.05) is 12.4 Å². The molecule has 2 aromatic carbocycles. The maximum absolute atomic E-state index is 13.0. The monoisotopic (exact) mass is 404 g/mol. The highest BCUT2D eigenvalue weighted by Crippen LogP contribution is 2.32. The SMILES string of the molecule is COC(=O)c1cc(Nc2ccc(F)cc2)c(C(=N)Cl)c(S(=O)(=O)Cl)c1. The Hall–Kier alpha value is -2.16. The summed E-state index contributed by atoms with van der Waals surface area (Å²) in [5.74, 6) is -1.28. The van der Waals surface area contributed by atoms with E-state index < -0.39 is 30.9 Å². The normalized spacial score (nSPS) is 11.0. The molecule has 0 saturated carbocycles. The van der Waals surface area contributed by atoms with Crippen molar-refractivity contribution in [2.45, 2.75) is 4.90 Å². The molecule has 0 amide bonds. The van der Waals surface area contributed by atoms with Gasteiger partial charge in [0.05, 0.1) is 28.8 Å². The molecule has 25 heavy (non-hydrogen) atoms. The lowest BCUT2D eigenvalue weighted by atomic mass is 10.1. The smallest absolute Gasteiger partial charge is 0.337 e. The van der Waals surface area contributed by atoms with E-state index in [1.807, 2.05) is 0 Å². The average Bonchev–Trinajstić information content (AvgIpc) is 2.54. The molecule has 132 valence electrons. The zero-order chi connectivity index (χ0) is 18.8. The van der Waals surface area contributed by atoms with Crippen LogP contribution < -0.4 is 5.32 Å². The molecule has 0 aromatic heterocycles. The maximum Gasteiger partial charge on any atom is 0.337 e. The fourth-order valence-electron chi connectivity index (χ4n) is 2.06. The average molecular weight is 405 g/mol. The molecule has 0 radical (unpaired) electrons. The molecule has 0 atom stereocenters. The van der Waals surface area contributed by atoms with Gasteiger partial charge in [0.2, 0.25) is 0 Å². The summed E-state index contributed by atoms with van der Waals surface area (Å²) in [5, 5.41) is 9.83. The van der Waals surface area contributed by atoms with E-state index in [-0.39, 0.29) is 16.8 Å². The second-order valence-electron chi connectivity index (χ2n) is 4.77. The van der Waals surface area contributed by atoms with Gasteiger partial charge in [0.25, 0.3) is 9.05 Å². The van der Waals surface area contributed by atoms with Crippen molar-refractivity contribution >= 4 is 53.8 Å². The zero-order valence-corrected chi connectivity index (χ0v) is 15.0. The van der Waals surface area contributed by atoms with Crippen molar-refractivity contribution in [1.82, 2.24) is 0 Å². The molecule has 0 unspecified atom stereocenters. The number of hydrogen-bond donors (Lipinski definition) is 2. The lowest BCUT2D eigenvalue weighted by molar-refractivity contribution is 0.0600. The number of hydrogen-bond acceptors (Lipinski definition) is 6. The third-order valence-corrected chi connectivity index (χ3v) is 4.66. The first-order valence-electron chi connectivity index (χ1n) is 6.61. The van der Waals surface area contributed by atoms with Crippen LogP contribution in [0.5, 0.6) is 0 Å². The fraction of sp³-hybridized carbons (Fsp3) is 0.0667. The molecule has 2 N–H and O–H groups in total. The molecule has 10 heteroatoms. The van der Waals surface area contributed by atoms with Gasteiger partial charge in [-0.25, -0.2) is 17.6 Å². The van der Waals surface area contributed by atoms with Crippen LogP contribution in [0.15, 0.2) is 41.3 Å². The van der Waals surface area contributed by atoms with Crippen molar-refractivity contribution in [1.29, 1.82) is 5.41 Å². The number of rotatable bonds is 5. The van der Waals surface area contributed by atoms with Crippen LogP contribution in [-0.4, -0.2) is 26.7 Å². The summed E-state index contributed by atoms with van der Waals surface area (Å²) in [7, 11) is 2.21. The largest absolute Gasteiger partial charge is 0.465 e. The summed E-state index contributed by atoms with van der Waals surface area (Å²) in [6.45, 7) is 0. The molecule has 0 saturated heterocycles. The molecular weight excluding hydrogens is 394 g/mol. The minimum atomic E-state index is -4.33. The third kappa shape index (κ3) is 4.47. The predicted molar refractivity (Wildman–Crippen MR) is 93.2 cm³/mol. The third-order valence-electron chi connectivity index (χ3n) is 3.13. The number of carbonyl (C=O) groups excluding carboxylic acids is 1. The lowest BCUT2D eigenvalue weighted by Crippen LogP contribution is -2.10. The summed E-state index contributed by atoms with van der Waals surface area (Å²) >= 11 is 5.72. The predicted octanol–water partition coefficient (Wildman–Crippen LogP) is 3.85. The van der Waals surface area contributed by atoms with E-state index in [0.29, 0.717) is 5.69 Å². The molecule has 0 aliphatic rings. The van der Waals surface area contributed by atoms with E-state index in [4.69, 9.17) is 27.7 Å². The Bertz CT molecular complexity index is 947. The molecule has 2 rings (SSSR count). The summed E-state index contributed by atoms with van der Waals surface area (Å²) in [4.78, 5) is 11.3. The highest BCUT2D eigenvalue weighted by molar-refractivity contribution is 8.13. The number of halogens is 3. The van der Waals surface area contributed by atoms with Gasteiger partial charge in [0.1, 0.15) is 11.0 Å². The van der Waals surface area contributed by atoms with Crippen molar-refractivity contribution in [3.05, 3.63) is 53.3 Å². The Balaban J connectivity index is 2.72. The first kappa shape index (κ1) is 19.2. The van der Waals surface area contributed by atoms with Gasteiger partial charge in [0.15, 0.2) is 0 Å². The Labute approximate surface area is 152 Å². The lowest BCUT2D eigenvalue weighted by Gasteiger charge is -2.15. The Morgan fingerprint density at radius 2 is 1.84 bits per heavy atom. The number of ether oxygens (including phenoxy) is 1. The van der Waals surface area contributed by atoms with Gasteiger partial charge >= 0.3 is 5.97 Å². The van der Waals surface area contributed by atoms with Gasteiger partial charge in [-0.05, 0) is 36.4 Å². The second kappa shape index (κ2) is 7.38. The van der Waals surface area contributed by atoms with Gasteiger partial charge in [-0.2, -0.15) is 0 Å². The maximum atomic E-state index is 13.0. The minimum absolute atomic E-state index is 0.0220. The molecule has 6 nitrogen and oxygen atoms in total. The van der Waals surface area contributed by atoms with Crippen molar-refractivity contribution in [3.8, 4) is 0 Å². The van der Waals surface area contributed by atoms with Crippen LogP contribution in [-0.2, 0) is 13.8 Å². The van der Waals surface area contributed by atoms with Crippen LogP contribution in [0, 0.1) is 11.2 Å². The molecule has 0 bridgehead atoms. The number of esters is 1. The second-order valence-corrected chi connectivity index (χ2v) is 7.68. The number of anilines is 2. The van der Waals surface area contributed by atoms with Gasteiger partial charge in [-0.3, -0.25) is 5.41 Å². The van der Waals surface area contributed by atoms with Crippen LogP contribution in [0.1, 0.15) is 15.9 Å². The van der Waals surface area contributed by atoms with Crippen molar-refractivity contribution < 1.29 is 22.3 Å². The zero-order valence-electron chi connectivity index (χ0n) is 12.6. The molecule has 0 aliphatic carbocycles. The molecule has 0 fully saturated rings.